The van der Waals surface area contributed by atoms with Crippen molar-refractivity contribution in [2.45, 2.75) is 13.5 Å². The molecule has 0 atom stereocenters. The molecule has 0 aromatic carbocycles. The minimum absolute atomic E-state index is 0.137. The van der Waals surface area contributed by atoms with Gasteiger partial charge in [-0.25, -0.2) is 9.50 Å². The highest BCUT2D eigenvalue weighted by atomic mass is 32.1. The Labute approximate surface area is 147 Å². The third-order valence-electron chi connectivity index (χ3n) is 3.87. The van der Waals surface area contributed by atoms with Crippen LogP contribution >= 0.6 is 11.3 Å². The second kappa shape index (κ2) is 6.69. The van der Waals surface area contributed by atoms with Crippen LogP contribution in [0.1, 0.15) is 12.7 Å². The first-order chi connectivity index (χ1) is 12.2. The number of nitrogens with one attached hydrogen (secondary N) is 1. The van der Waals surface area contributed by atoms with Crippen LogP contribution in [-0.4, -0.2) is 66.8 Å². The number of nitrogens with zero attached hydrogens (tertiary/aromatic N) is 8. The first-order valence-electron chi connectivity index (χ1n) is 7.92. The van der Waals surface area contributed by atoms with E-state index in [0.717, 1.165) is 37.1 Å². The Kier molecular flexibility index (Phi) is 4.24. The standard InChI is InChI=1S/C14H17N9OS/c1-10(24)16-13-18-19-14(25-13)22-7-5-21(6-8-22)9-11-17-12-15-3-2-4-23(12)20-11/h2-4H,5-9H2,1H3,(H,16,18,24). The van der Waals surface area contributed by atoms with Gasteiger partial charge in [-0.05, 0) is 6.07 Å². The number of hydrogen-bond acceptors (Lipinski definition) is 9. The molecule has 1 N–H and O–H groups in total. The van der Waals surface area contributed by atoms with Gasteiger partial charge in [-0.2, -0.15) is 4.98 Å². The molecule has 25 heavy (non-hydrogen) atoms. The number of fused-ring (bicyclic) bond motifs is 1. The third kappa shape index (κ3) is 3.56. The molecule has 3 aromatic heterocycles. The Morgan fingerprint density at radius 1 is 1.28 bits per heavy atom. The summed E-state index contributed by atoms with van der Waals surface area (Å²) in [6.45, 7) is 5.63. The van der Waals surface area contributed by atoms with Gasteiger partial charge in [-0.1, -0.05) is 11.3 Å². The largest absolute Gasteiger partial charge is 0.344 e. The molecular formula is C14H17N9OS. The molecule has 4 heterocycles. The van der Waals surface area contributed by atoms with Crippen LogP contribution in [-0.2, 0) is 11.3 Å². The summed E-state index contributed by atoms with van der Waals surface area (Å²) >= 11 is 1.39. The second-order valence-electron chi connectivity index (χ2n) is 5.73. The van der Waals surface area contributed by atoms with Crippen molar-refractivity contribution in [2.75, 3.05) is 36.4 Å². The Bertz CT molecular complexity index is 850. The van der Waals surface area contributed by atoms with Gasteiger partial charge >= 0.3 is 0 Å². The fourth-order valence-electron chi connectivity index (χ4n) is 2.68. The molecule has 1 amide bonds. The molecule has 130 valence electrons. The van der Waals surface area contributed by atoms with Crippen LogP contribution in [0.3, 0.4) is 0 Å². The molecular weight excluding hydrogens is 342 g/mol. The van der Waals surface area contributed by atoms with Crippen molar-refractivity contribution in [3.05, 3.63) is 24.3 Å². The summed E-state index contributed by atoms with van der Waals surface area (Å²) in [5.41, 5.74) is 0. The number of carbonyl (C=O) groups excluding carboxylic acids is 1. The van der Waals surface area contributed by atoms with Crippen LogP contribution in [0.2, 0.25) is 0 Å². The molecule has 0 aliphatic carbocycles. The number of aromatic nitrogens is 6. The molecule has 1 aliphatic heterocycles. The SMILES string of the molecule is CC(=O)Nc1nnc(N2CCN(Cc3nc4ncccn4n3)CC2)s1. The van der Waals surface area contributed by atoms with Crippen LogP contribution < -0.4 is 10.2 Å². The van der Waals surface area contributed by atoms with Gasteiger partial charge in [0.25, 0.3) is 5.78 Å². The summed E-state index contributed by atoms with van der Waals surface area (Å²) in [5.74, 6) is 1.26. The third-order valence-corrected chi connectivity index (χ3v) is 4.77. The lowest BCUT2D eigenvalue weighted by Crippen LogP contribution is -2.46. The van der Waals surface area contributed by atoms with E-state index in [1.54, 1.807) is 10.7 Å². The minimum atomic E-state index is -0.137. The highest BCUT2D eigenvalue weighted by molar-refractivity contribution is 7.19. The van der Waals surface area contributed by atoms with Crippen molar-refractivity contribution in [3.8, 4) is 0 Å². The van der Waals surface area contributed by atoms with E-state index in [4.69, 9.17) is 0 Å². The number of anilines is 2. The summed E-state index contributed by atoms with van der Waals surface area (Å²) in [6, 6.07) is 1.83. The van der Waals surface area contributed by atoms with E-state index in [1.165, 1.54) is 18.3 Å². The molecule has 1 fully saturated rings. The fourth-order valence-corrected chi connectivity index (χ4v) is 3.53. The highest BCUT2D eigenvalue weighted by Crippen LogP contribution is 2.25. The van der Waals surface area contributed by atoms with Crippen molar-refractivity contribution < 1.29 is 4.79 Å². The van der Waals surface area contributed by atoms with Gasteiger partial charge in [0.15, 0.2) is 5.82 Å². The highest BCUT2D eigenvalue weighted by Gasteiger charge is 2.21. The van der Waals surface area contributed by atoms with E-state index in [-0.39, 0.29) is 5.91 Å². The topological polar surface area (TPSA) is 104 Å². The Hall–Kier alpha value is -2.66. The van der Waals surface area contributed by atoms with E-state index in [0.29, 0.717) is 17.5 Å². The van der Waals surface area contributed by atoms with E-state index < -0.39 is 0 Å². The number of hydrogen-bond donors (Lipinski definition) is 1. The fraction of sp³-hybridized carbons (Fsp3) is 0.429. The van der Waals surface area contributed by atoms with Gasteiger partial charge in [0, 0.05) is 45.5 Å². The predicted octanol–water partition coefficient (Wildman–Crippen LogP) is 0.256. The molecule has 3 aromatic rings. The summed E-state index contributed by atoms with van der Waals surface area (Å²) in [5, 5.41) is 16.6. The summed E-state index contributed by atoms with van der Waals surface area (Å²) in [7, 11) is 0. The molecule has 4 rings (SSSR count). The zero-order chi connectivity index (χ0) is 17.2. The summed E-state index contributed by atoms with van der Waals surface area (Å²) in [4.78, 5) is 24.2. The van der Waals surface area contributed by atoms with Crippen molar-refractivity contribution in [1.29, 1.82) is 0 Å². The van der Waals surface area contributed by atoms with Gasteiger partial charge < -0.3 is 10.2 Å². The summed E-state index contributed by atoms with van der Waals surface area (Å²) in [6.07, 6.45) is 3.56. The quantitative estimate of drug-likeness (QED) is 0.707. The van der Waals surface area contributed by atoms with Crippen LogP contribution in [0.25, 0.3) is 5.78 Å². The molecule has 10 nitrogen and oxygen atoms in total. The van der Waals surface area contributed by atoms with E-state index >= 15 is 0 Å². The number of piperazine rings is 1. The molecule has 0 bridgehead atoms. The van der Waals surface area contributed by atoms with E-state index in [2.05, 4.69) is 40.4 Å². The van der Waals surface area contributed by atoms with Gasteiger partial charge in [0.2, 0.25) is 16.2 Å². The average molecular weight is 359 g/mol. The first-order valence-corrected chi connectivity index (χ1v) is 8.74. The first kappa shape index (κ1) is 15.8. The lowest BCUT2D eigenvalue weighted by Gasteiger charge is -2.33. The van der Waals surface area contributed by atoms with Gasteiger partial charge in [-0.15, -0.1) is 15.3 Å². The maximum atomic E-state index is 11.1. The van der Waals surface area contributed by atoms with Gasteiger partial charge in [0.1, 0.15) is 0 Å². The van der Waals surface area contributed by atoms with Crippen LogP contribution in [0.15, 0.2) is 18.5 Å². The molecule has 11 heteroatoms. The van der Waals surface area contributed by atoms with Crippen LogP contribution in [0, 0.1) is 0 Å². The van der Waals surface area contributed by atoms with Crippen LogP contribution in [0.4, 0.5) is 10.3 Å². The second-order valence-corrected chi connectivity index (χ2v) is 6.68. The summed E-state index contributed by atoms with van der Waals surface area (Å²) < 4.78 is 1.69. The predicted molar refractivity (Wildman–Crippen MR) is 92.5 cm³/mol. The smallest absolute Gasteiger partial charge is 0.252 e. The van der Waals surface area contributed by atoms with Crippen molar-refractivity contribution in [3.63, 3.8) is 0 Å². The van der Waals surface area contributed by atoms with Crippen LogP contribution in [0.5, 0.6) is 0 Å². The number of rotatable bonds is 4. The number of carbonyl (C=O) groups is 1. The minimum Gasteiger partial charge on any atom is -0.344 e. The Balaban J connectivity index is 1.34. The maximum Gasteiger partial charge on any atom is 0.252 e. The molecule has 1 aliphatic rings. The molecule has 0 saturated carbocycles. The molecule has 0 radical (unpaired) electrons. The Morgan fingerprint density at radius 2 is 2.12 bits per heavy atom. The zero-order valence-electron chi connectivity index (χ0n) is 13.7. The van der Waals surface area contributed by atoms with Crippen molar-refractivity contribution >= 4 is 33.3 Å². The van der Waals surface area contributed by atoms with Crippen molar-refractivity contribution in [2.24, 2.45) is 0 Å². The van der Waals surface area contributed by atoms with Crippen molar-refractivity contribution in [1.82, 2.24) is 34.7 Å². The maximum absolute atomic E-state index is 11.1. The van der Waals surface area contributed by atoms with Gasteiger partial charge in [0.05, 0.1) is 6.54 Å². The van der Waals surface area contributed by atoms with Gasteiger partial charge in [-0.3, -0.25) is 9.69 Å². The molecule has 0 spiro atoms. The van der Waals surface area contributed by atoms with E-state index in [1.807, 2.05) is 12.3 Å². The van der Waals surface area contributed by atoms with E-state index in [9.17, 15) is 4.79 Å². The molecule has 1 saturated heterocycles. The molecule has 0 unspecified atom stereocenters. The lowest BCUT2D eigenvalue weighted by atomic mass is 10.3. The monoisotopic (exact) mass is 359 g/mol. The zero-order valence-corrected chi connectivity index (χ0v) is 14.5. The lowest BCUT2D eigenvalue weighted by molar-refractivity contribution is -0.114. The number of amides is 1. The Morgan fingerprint density at radius 3 is 2.88 bits per heavy atom. The normalized spacial score (nSPS) is 15.6. The average Bonchev–Trinajstić information content (AvgIpc) is 3.21.